The van der Waals surface area contributed by atoms with Gasteiger partial charge in [-0.15, -0.1) is 0 Å². The van der Waals surface area contributed by atoms with Crippen molar-refractivity contribution in [2.75, 3.05) is 13.6 Å². The highest BCUT2D eigenvalue weighted by molar-refractivity contribution is 5.16. The first-order valence-electron chi connectivity index (χ1n) is 4.95. The van der Waals surface area contributed by atoms with Gasteiger partial charge in [-0.3, -0.25) is 4.68 Å². The van der Waals surface area contributed by atoms with Gasteiger partial charge in [0.1, 0.15) is 0 Å². The standard InChI is InChI=1S/C10H19N3/c1-4-7-13-9(2)10(8-12-13)5-6-11-3/h8,11H,4-7H2,1-3H3. The van der Waals surface area contributed by atoms with E-state index in [4.69, 9.17) is 0 Å². The molecule has 0 aliphatic heterocycles. The molecule has 0 saturated heterocycles. The van der Waals surface area contributed by atoms with Crippen molar-refractivity contribution in [1.82, 2.24) is 15.1 Å². The summed E-state index contributed by atoms with van der Waals surface area (Å²) in [7, 11) is 1.98. The second-order valence-corrected chi connectivity index (χ2v) is 3.33. The van der Waals surface area contributed by atoms with Crippen LogP contribution in [0.1, 0.15) is 24.6 Å². The number of aromatic nitrogens is 2. The van der Waals surface area contributed by atoms with E-state index in [1.807, 2.05) is 13.2 Å². The van der Waals surface area contributed by atoms with Crippen LogP contribution in [0.25, 0.3) is 0 Å². The third-order valence-electron chi connectivity index (χ3n) is 2.28. The van der Waals surface area contributed by atoms with Crippen molar-refractivity contribution in [2.24, 2.45) is 0 Å². The van der Waals surface area contributed by atoms with Crippen molar-refractivity contribution >= 4 is 0 Å². The fraction of sp³-hybridized carbons (Fsp3) is 0.700. The van der Waals surface area contributed by atoms with Gasteiger partial charge < -0.3 is 5.32 Å². The Morgan fingerprint density at radius 2 is 2.31 bits per heavy atom. The highest BCUT2D eigenvalue weighted by Crippen LogP contribution is 2.07. The molecule has 1 aromatic rings. The van der Waals surface area contributed by atoms with Crippen LogP contribution in [-0.2, 0) is 13.0 Å². The van der Waals surface area contributed by atoms with Gasteiger partial charge in [0, 0.05) is 12.2 Å². The van der Waals surface area contributed by atoms with E-state index in [2.05, 4.69) is 28.9 Å². The summed E-state index contributed by atoms with van der Waals surface area (Å²) in [4.78, 5) is 0. The summed E-state index contributed by atoms with van der Waals surface area (Å²) in [5.41, 5.74) is 2.68. The first-order chi connectivity index (χ1) is 6.29. The van der Waals surface area contributed by atoms with Crippen LogP contribution in [0.5, 0.6) is 0 Å². The zero-order valence-corrected chi connectivity index (χ0v) is 8.80. The Morgan fingerprint density at radius 3 is 2.92 bits per heavy atom. The van der Waals surface area contributed by atoms with E-state index in [9.17, 15) is 0 Å². The molecule has 3 heteroatoms. The summed E-state index contributed by atoms with van der Waals surface area (Å²) in [5, 5.41) is 7.49. The van der Waals surface area contributed by atoms with Gasteiger partial charge in [-0.05, 0) is 38.9 Å². The zero-order valence-electron chi connectivity index (χ0n) is 8.80. The van der Waals surface area contributed by atoms with Crippen LogP contribution in [0.15, 0.2) is 6.20 Å². The van der Waals surface area contributed by atoms with Gasteiger partial charge in [-0.2, -0.15) is 5.10 Å². The van der Waals surface area contributed by atoms with Gasteiger partial charge >= 0.3 is 0 Å². The first kappa shape index (κ1) is 10.3. The third kappa shape index (κ3) is 2.56. The Bertz CT molecular complexity index is 253. The molecule has 1 rings (SSSR count). The van der Waals surface area contributed by atoms with Crippen LogP contribution < -0.4 is 5.32 Å². The molecule has 74 valence electrons. The van der Waals surface area contributed by atoms with E-state index in [1.54, 1.807) is 0 Å². The van der Waals surface area contributed by atoms with Gasteiger partial charge in [0.05, 0.1) is 6.20 Å². The van der Waals surface area contributed by atoms with E-state index >= 15 is 0 Å². The van der Waals surface area contributed by atoms with Crippen LogP contribution in [0.2, 0.25) is 0 Å². The van der Waals surface area contributed by atoms with E-state index in [-0.39, 0.29) is 0 Å². The van der Waals surface area contributed by atoms with E-state index in [0.29, 0.717) is 0 Å². The third-order valence-corrected chi connectivity index (χ3v) is 2.28. The summed E-state index contributed by atoms with van der Waals surface area (Å²) < 4.78 is 2.09. The number of nitrogens with one attached hydrogen (secondary N) is 1. The predicted octanol–water partition coefficient (Wildman–Crippen LogP) is 1.36. The molecule has 3 nitrogen and oxygen atoms in total. The highest BCUT2D eigenvalue weighted by atomic mass is 15.3. The molecule has 1 N–H and O–H groups in total. The summed E-state index contributed by atoms with van der Waals surface area (Å²) in [5.74, 6) is 0. The Kier molecular flexibility index (Phi) is 3.96. The Morgan fingerprint density at radius 1 is 1.54 bits per heavy atom. The van der Waals surface area contributed by atoms with E-state index < -0.39 is 0 Å². The summed E-state index contributed by atoms with van der Waals surface area (Å²) >= 11 is 0. The normalized spacial score (nSPS) is 10.7. The fourth-order valence-electron chi connectivity index (χ4n) is 1.43. The minimum Gasteiger partial charge on any atom is -0.319 e. The molecule has 1 aromatic heterocycles. The smallest absolute Gasteiger partial charge is 0.0525 e. The van der Waals surface area contributed by atoms with Gasteiger partial charge in [-0.25, -0.2) is 0 Å². The largest absolute Gasteiger partial charge is 0.319 e. The summed E-state index contributed by atoms with van der Waals surface area (Å²) in [6.45, 7) is 6.38. The van der Waals surface area contributed by atoms with Crippen molar-refractivity contribution in [2.45, 2.75) is 33.2 Å². The lowest BCUT2D eigenvalue weighted by Gasteiger charge is -2.03. The summed E-state index contributed by atoms with van der Waals surface area (Å²) in [6.07, 6.45) is 4.21. The summed E-state index contributed by atoms with van der Waals surface area (Å²) in [6, 6.07) is 0. The number of aryl methyl sites for hydroxylation is 1. The number of nitrogens with zero attached hydrogens (tertiary/aromatic N) is 2. The van der Waals surface area contributed by atoms with Crippen molar-refractivity contribution in [3.63, 3.8) is 0 Å². The topological polar surface area (TPSA) is 29.9 Å². The van der Waals surface area contributed by atoms with Crippen LogP contribution >= 0.6 is 0 Å². The molecule has 0 aliphatic rings. The first-order valence-corrected chi connectivity index (χ1v) is 4.95. The molecular weight excluding hydrogens is 162 g/mol. The average molecular weight is 181 g/mol. The monoisotopic (exact) mass is 181 g/mol. The number of hydrogen-bond acceptors (Lipinski definition) is 2. The number of likely N-dealkylation sites (N-methyl/N-ethyl adjacent to an activating group) is 1. The van der Waals surface area contributed by atoms with Crippen LogP contribution in [-0.4, -0.2) is 23.4 Å². The van der Waals surface area contributed by atoms with Crippen LogP contribution in [0.3, 0.4) is 0 Å². The van der Waals surface area contributed by atoms with Gasteiger partial charge in [0.2, 0.25) is 0 Å². The maximum Gasteiger partial charge on any atom is 0.0525 e. The lowest BCUT2D eigenvalue weighted by molar-refractivity contribution is 0.586. The second kappa shape index (κ2) is 5.02. The van der Waals surface area contributed by atoms with E-state index in [0.717, 1.165) is 25.9 Å². The lowest BCUT2D eigenvalue weighted by atomic mass is 10.2. The number of rotatable bonds is 5. The molecule has 0 amide bonds. The quantitative estimate of drug-likeness (QED) is 0.743. The lowest BCUT2D eigenvalue weighted by Crippen LogP contribution is -2.11. The van der Waals surface area contributed by atoms with Crippen molar-refractivity contribution in [1.29, 1.82) is 0 Å². The maximum absolute atomic E-state index is 4.35. The van der Waals surface area contributed by atoms with Crippen LogP contribution in [0.4, 0.5) is 0 Å². The molecule has 13 heavy (non-hydrogen) atoms. The molecule has 0 bridgehead atoms. The molecule has 0 saturated carbocycles. The van der Waals surface area contributed by atoms with Crippen molar-refractivity contribution in [3.05, 3.63) is 17.5 Å². The van der Waals surface area contributed by atoms with E-state index in [1.165, 1.54) is 11.3 Å². The SMILES string of the molecule is CCCn1ncc(CCNC)c1C. The Labute approximate surface area is 80.1 Å². The molecule has 0 unspecified atom stereocenters. The molecule has 1 heterocycles. The maximum atomic E-state index is 4.35. The zero-order chi connectivity index (χ0) is 9.68. The molecule has 0 spiro atoms. The Balaban J connectivity index is 2.62. The van der Waals surface area contributed by atoms with Gasteiger partial charge in [0.15, 0.2) is 0 Å². The van der Waals surface area contributed by atoms with Gasteiger partial charge in [-0.1, -0.05) is 6.92 Å². The second-order valence-electron chi connectivity index (χ2n) is 3.33. The molecule has 0 atom stereocenters. The van der Waals surface area contributed by atoms with Gasteiger partial charge in [0.25, 0.3) is 0 Å². The average Bonchev–Trinajstić information content (AvgIpc) is 2.46. The van der Waals surface area contributed by atoms with Crippen molar-refractivity contribution in [3.8, 4) is 0 Å². The molecule has 0 radical (unpaired) electrons. The Hall–Kier alpha value is -0.830. The van der Waals surface area contributed by atoms with Crippen LogP contribution in [0, 0.1) is 6.92 Å². The minimum absolute atomic E-state index is 1.03. The molecule has 0 aromatic carbocycles. The number of hydrogen-bond donors (Lipinski definition) is 1. The fourth-order valence-corrected chi connectivity index (χ4v) is 1.43. The highest BCUT2D eigenvalue weighted by Gasteiger charge is 2.03. The molecule has 0 fully saturated rings. The molecular formula is C10H19N3. The minimum atomic E-state index is 1.03. The predicted molar refractivity (Wildman–Crippen MR) is 54.9 cm³/mol. The van der Waals surface area contributed by atoms with Crippen molar-refractivity contribution < 1.29 is 0 Å². The molecule has 0 aliphatic carbocycles.